The molecule has 0 radical (unpaired) electrons. The lowest BCUT2D eigenvalue weighted by Crippen LogP contribution is -2.44. The van der Waals surface area contributed by atoms with Crippen LogP contribution in [0.2, 0.25) is 0 Å². The van der Waals surface area contributed by atoms with Gasteiger partial charge in [-0.15, -0.1) is 0 Å². The molecule has 100 valence electrons. The van der Waals surface area contributed by atoms with E-state index in [2.05, 4.69) is 23.1 Å². The highest BCUT2D eigenvalue weighted by Gasteiger charge is 2.48. The van der Waals surface area contributed by atoms with Crippen LogP contribution in [-0.4, -0.2) is 24.0 Å². The van der Waals surface area contributed by atoms with Crippen molar-refractivity contribution in [2.24, 2.45) is 5.92 Å². The fourth-order valence-corrected chi connectivity index (χ4v) is 4.40. The molecule has 3 nitrogen and oxygen atoms in total. The van der Waals surface area contributed by atoms with Gasteiger partial charge in [0, 0.05) is 24.9 Å². The van der Waals surface area contributed by atoms with E-state index in [1.54, 1.807) is 7.11 Å². The van der Waals surface area contributed by atoms with Gasteiger partial charge in [0.2, 0.25) is 5.91 Å². The Morgan fingerprint density at radius 2 is 2.21 bits per heavy atom. The summed E-state index contributed by atoms with van der Waals surface area (Å²) in [4.78, 5) is 14.3. The fraction of sp³-hybridized carbons (Fsp3) is 0.562. The van der Waals surface area contributed by atoms with Gasteiger partial charge in [0.05, 0.1) is 7.11 Å². The van der Waals surface area contributed by atoms with E-state index in [1.807, 2.05) is 0 Å². The van der Waals surface area contributed by atoms with E-state index in [0.717, 1.165) is 18.7 Å². The summed E-state index contributed by atoms with van der Waals surface area (Å²) < 4.78 is 5.32. The summed E-state index contributed by atoms with van der Waals surface area (Å²) >= 11 is 0. The zero-order valence-electron chi connectivity index (χ0n) is 11.3. The molecular weight excluding hydrogens is 238 g/mol. The molecule has 2 heterocycles. The van der Waals surface area contributed by atoms with Gasteiger partial charge in [-0.3, -0.25) is 4.79 Å². The summed E-state index contributed by atoms with van der Waals surface area (Å²) in [5.41, 5.74) is 2.75. The molecule has 2 fully saturated rings. The summed E-state index contributed by atoms with van der Waals surface area (Å²) in [7, 11) is 1.70. The van der Waals surface area contributed by atoms with Gasteiger partial charge in [0.15, 0.2) is 0 Å². The van der Waals surface area contributed by atoms with Crippen molar-refractivity contribution in [1.82, 2.24) is 4.90 Å². The first-order valence-electron chi connectivity index (χ1n) is 7.24. The highest BCUT2D eigenvalue weighted by atomic mass is 16.5. The van der Waals surface area contributed by atoms with E-state index in [-0.39, 0.29) is 0 Å². The fourth-order valence-electron chi connectivity index (χ4n) is 4.40. The van der Waals surface area contributed by atoms with Gasteiger partial charge in [-0.1, -0.05) is 12.5 Å². The Kier molecular flexibility index (Phi) is 2.38. The van der Waals surface area contributed by atoms with Crippen LogP contribution >= 0.6 is 0 Å². The molecule has 0 bridgehead atoms. The second-order valence-electron chi connectivity index (χ2n) is 6.08. The number of hydrogen-bond acceptors (Lipinski definition) is 2. The average molecular weight is 257 g/mol. The third-order valence-electron chi connectivity index (χ3n) is 5.19. The van der Waals surface area contributed by atoms with Gasteiger partial charge < -0.3 is 9.64 Å². The Morgan fingerprint density at radius 3 is 3.05 bits per heavy atom. The molecule has 1 saturated carbocycles. The number of nitrogens with zero attached hydrogens (tertiary/aromatic N) is 1. The molecule has 19 heavy (non-hydrogen) atoms. The number of carbonyl (C=O) groups excluding carboxylic acids is 1. The quantitative estimate of drug-likeness (QED) is 0.774. The molecule has 4 rings (SSSR count). The molecule has 1 aromatic rings. The van der Waals surface area contributed by atoms with Crippen LogP contribution < -0.4 is 4.74 Å². The van der Waals surface area contributed by atoms with Gasteiger partial charge in [-0.25, -0.2) is 0 Å². The average Bonchev–Trinajstić information content (AvgIpc) is 2.76. The van der Waals surface area contributed by atoms with Crippen molar-refractivity contribution in [1.29, 1.82) is 0 Å². The highest BCUT2D eigenvalue weighted by molar-refractivity contribution is 5.80. The molecule has 1 amide bonds. The van der Waals surface area contributed by atoms with Crippen molar-refractivity contribution in [3.05, 3.63) is 29.3 Å². The van der Waals surface area contributed by atoms with Crippen molar-refractivity contribution in [3.8, 4) is 5.75 Å². The van der Waals surface area contributed by atoms with Gasteiger partial charge in [0.1, 0.15) is 5.75 Å². The number of fused-ring (bicyclic) bond motifs is 2. The smallest absolute Gasteiger partial charge is 0.223 e. The summed E-state index contributed by atoms with van der Waals surface area (Å²) in [6.07, 6.45) is 4.49. The maximum absolute atomic E-state index is 12.2. The Labute approximate surface area is 113 Å². The summed E-state index contributed by atoms with van der Waals surface area (Å²) in [5, 5.41) is 0. The van der Waals surface area contributed by atoms with E-state index in [9.17, 15) is 4.79 Å². The maximum Gasteiger partial charge on any atom is 0.223 e. The Bertz CT molecular complexity index is 540. The van der Waals surface area contributed by atoms with Crippen LogP contribution in [-0.2, 0) is 11.3 Å². The first-order chi connectivity index (χ1) is 9.28. The van der Waals surface area contributed by atoms with E-state index >= 15 is 0 Å². The summed E-state index contributed by atoms with van der Waals surface area (Å²) in [6.45, 7) is 0.781. The first kappa shape index (κ1) is 11.3. The number of benzene rings is 1. The number of carbonyl (C=O) groups is 1. The molecule has 0 aromatic heterocycles. The third-order valence-corrected chi connectivity index (χ3v) is 5.19. The van der Waals surface area contributed by atoms with Crippen LogP contribution in [0.1, 0.15) is 42.7 Å². The molecule has 1 aliphatic carbocycles. The molecular formula is C16H19NO2. The number of ether oxygens (including phenoxy) is 1. The van der Waals surface area contributed by atoms with Crippen LogP contribution in [0, 0.1) is 5.92 Å². The predicted octanol–water partition coefficient (Wildman–Crippen LogP) is 2.69. The van der Waals surface area contributed by atoms with Crippen LogP contribution in [0.3, 0.4) is 0 Å². The van der Waals surface area contributed by atoms with Crippen LogP contribution in [0.4, 0.5) is 0 Å². The molecule has 1 saturated heterocycles. The second kappa shape index (κ2) is 3.99. The van der Waals surface area contributed by atoms with Gasteiger partial charge in [-0.2, -0.15) is 0 Å². The first-order valence-corrected chi connectivity index (χ1v) is 7.24. The zero-order valence-corrected chi connectivity index (χ0v) is 11.3. The molecule has 3 atom stereocenters. The molecule has 0 unspecified atom stereocenters. The summed E-state index contributed by atoms with van der Waals surface area (Å²) in [5.74, 6) is 2.41. The van der Waals surface area contributed by atoms with Gasteiger partial charge >= 0.3 is 0 Å². The van der Waals surface area contributed by atoms with E-state index in [4.69, 9.17) is 4.74 Å². The van der Waals surface area contributed by atoms with E-state index in [0.29, 0.717) is 23.8 Å². The van der Waals surface area contributed by atoms with Crippen molar-refractivity contribution in [2.75, 3.05) is 7.11 Å². The van der Waals surface area contributed by atoms with E-state index in [1.165, 1.54) is 30.4 Å². The van der Waals surface area contributed by atoms with Gasteiger partial charge in [-0.05, 0) is 42.0 Å². The van der Waals surface area contributed by atoms with Crippen molar-refractivity contribution < 1.29 is 9.53 Å². The van der Waals surface area contributed by atoms with Crippen molar-refractivity contribution in [3.63, 3.8) is 0 Å². The Hall–Kier alpha value is -1.51. The minimum atomic E-state index is 0.357. The predicted molar refractivity (Wildman–Crippen MR) is 72.0 cm³/mol. The third kappa shape index (κ3) is 1.54. The topological polar surface area (TPSA) is 29.5 Å². The maximum atomic E-state index is 12.2. The lowest BCUT2D eigenvalue weighted by molar-refractivity contribution is -0.130. The molecule has 0 spiro atoms. The van der Waals surface area contributed by atoms with Crippen LogP contribution in [0.5, 0.6) is 5.75 Å². The standard InChI is InChI=1S/C16H19NO2/c1-19-12-5-6-13-11(7-12)9-17-15(18)8-10-3-2-4-14(13)16(10)17/h5-7,10,14,16H,2-4,8-9H2,1H3/t10-,14+,16+/m0/s1. The lowest BCUT2D eigenvalue weighted by atomic mass is 9.71. The number of amides is 1. The van der Waals surface area contributed by atoms with E-state index < -0.39 is 0 Å². The zero-order chi connectivity index (χ0) is 13.0. The number of hydrogen-bond donors (Lipinski definition) is 0. The van der Waals surface area contributed by atoms with Gasteiger partial charge in [0.25, 0.3) is 0 Å². The van der Waals surface area contributed by atoms with Crippen LogP contribution in [0.15, 0.2) is 18.2 Å². The second-order valence-corrected chi connectivity index (χ2v) is 6.08. The SMILES string of the molecule is COc1ccc2c(c1)CN1C(=O)C[C@@H]3CCC[C@H]2[C@@H]31. The Balaban J connectivity index is 1.81. The van der Waals surface area contributed by atoms with Crippen LogP contribution in [0.25, 0.3) is 0 Å². The monoisotopic (exact) mass is 257 g/mol. The normalized spacial score (nSPS) is 31.9. The molecule has 0 N–H and O–H groups in total. The van der Waals surface area contributed by atoms with Crippen molar-refractivity contribution >= 4 is 5.91 Å². The molecule has 3 aliphatic rings. The molecule has 3 heteroatoms. The Morgan fingerprint density at radius 1 is 1.32 bits per heavy atom. The minimum Gasteiger partial charge on any atom is -0.497 e. The molecule has 2 aliphatic heterocycles. The molecule has 1 aromatic carbocycles. The van der Waals surface area contributed by atoms with Crippen molar-refractivity contribution in [2.45, 2.75) is 44.2 Å². The largest absolute Gasteiger partial charge is 0.497 e. The summed E-state index contributed by atoms with van der Waals surface area (Å²) in [6, 6.07) is 6.87. The highest BCUT2D eigenvalue weighted by Crippen LogP contribution is 2.49. The lowest BCUT2D eigenvalue weighted by Gasteiger charge is -2.43. The number of methoxy groups -OCH3 is 1. The number of rotatable bonds is 1. The minimum absolute atomic E-state index is 0.357.